The molecule has 1 aromatic rings. The first kappa shape index (κ1) is 16.7. The third kappa shape index (κ3) is 3.09. The van der Waals surface area contributed by atoms with E-state index < -0.39 is 11.2 Å². The highest BCUT2D eigenvalue weighted by Crippen LogP contribution is 2.45. The van der Waals surface area contributed by atoms with E-state index in [2.05, 4.69) is 4.98 Å². The molecule has 1 N–H and O–H groups in total. The summed E-state index contributed by atoms with van der Waals surface area (Å²) in [5, 5.41) is 20.0. The van der Waals surface area contributed by atoms with Crippen LogP contribution in [0.4, 0.5) is 4.79 Å². The van der Waals surface area contributed by atoms with E-state index >= 15 is 0 Å². The maximum Gasteiger partial charge on any atom is 0.410 e. The predicted octanol–water partition coefficient (Wildman–Crippen LogP) is 2.70. The Labute approximate surface area is 142 Å². The summed E-state index contributed by atoms with van der Waals surface area (Å²) < 4.78 is 5.52. The van der Waals surface area contributed by atoms with Crippen LogP contribution in [-0.4, -0.2) is 38.8 Å². The molecule has 2 bridgehead atoms. The van der Waals surface area contributed by atoms with Gasteiger partial charge in [-0.2, -0.15) is 5.26 Å². The second-order valence-corrected chi connectivity index (χ2v) is 7.76. The van der Waals surface area contributed by atoms with Gasteiger partial charge in [-0.25, -0.2) is 4.79 Å². The lowest BCUT2D eigenvalue weighted by molar-refractivity contribution is -0.0647. The molecule has 1 aromatic heterocycles. The summed E-state index contributed by atoms with van der Waals surface area (Å²) in [6, 6.07) is 5.33. The minimum absolute atomic E-state index is 0.0407. The highest BCUT2D eigenvalue weighted by Gasteiger charge is 2.51. The van der Waals surface area contributed by atoms with Crippen LogP contribution in [0, 0.1) is 11.3 Å². The number of pyridine rings is 1. The number of carbonyl (C=O) groups excluding carboxylic acids is 1. The molecule has 3 rings (SSSR count). The third-order valence-electron chi connectivity index (χ3n) is 4.74. The Morgan fingerprint density at radius 2 is 2.00 bits per heavy atom. The van der Waals surface area contributed by atoms with Gasteiger partial charge in [0.1, 0.15) is 17.3 Å². The number of aliphatic hydroxyl groups is 1. The van der Waals surface area contributed by atoms with Crippen molar-refractivity contribution in [3.63, 3.8) is 0 Å². The molecule has 0 radical (unpaired) electrons. The first-order valence-electron chi connectivity index (χ1n) is 8.32. The molecule has 2 aliphatic heterocycles. The molecular weight excluding hydrogens is 306 g/mol. The zero-order valence-electron chi connectivity index (χ0n) is 14.3. The van der Waals surface area contributed by atoms with E-state index in [1.165, 1.54) is 6.20 Å². The molecule has 6 nitrogen and oxygen atoms in total. The number of ether oxygens (including phenoxy) is 1. The average molecular weight is 329 g/mol. The van der Waals surface area contributed by atoms with Gasteiger partial charge in [-0.1, -0.05) is 0 Å². The molecule has 0 aliphatic carbocycles. The number of amides is 1. The van der Waals surface area contributed by atoms with Crippen molar-refractivity contribution in [2.45, 2.75) is 69.7 Å². The molecule has 0 spiro atoms. The second kappa shape index (κ2) is 5.75. The molecule has 2 aliphatic rings. The van der Waals surface area contributed by atoms with Crippen LogP contribution >= 0.6 is 0 Å². The minimum atomic E-state index is -1.06. The number of piperidine rings is 1. The molecule has 0 aromatic carbocycles. The molecule has 128 valence electrons. The SMILES string of the molecule is CC(C)(C)OC(=O)N1C2CCC1CC(O)(c1ccc(C#N)cn1)C2. The Balaban J connectivity index is 1.79. The zero-order valence-corrected chi connectivity index (χ0v) is 14.3. The van der Waals surface area contributed by atoms with Crippen LogP contribution in [0.15, 0.2) is 18.3 Å². The highest BCUT2D eigenvalue weighted by molar-refractivity contribution is 5.69. The lowest BCUT2D eigenvalue weighted by Gasteiger charge is -2.43. The first-order chi connectivity index (χ1) is 11.2. The molecule has 1 amide bonds. The van der Waals surface area contributed by atoms with Crippen LogP contribution in [0.25, 0.3) is 0 Å². The summed E-state index contributed by atoms with van der Waals surface area (Å²) in [4.78, 5) is 18.5. The van der Waals surface area contributed by atoms with Crippen molar-refractivity contribution >= 4 is 6.09 Å². The fourth-order valence-corrected chi connectivity index (χ4v) is 3.78. The predicted molar refractivity (Wildman–Crippen MR) is 87.0 cm³/mol. The summed E-state index contributed by atoms with van der Waals surface area (Å²) >= 11 is 0. The average Bonchev–Trinajstić information content (AvgIpc) is 2.79. The van der Waals surface area contributed by atoms with Crippen LogP contribution in [0.3, 0.4) is 0 Å². The van der Waals surface area contributed by atoms with E-state index in [0.29, 0.717) is 24.1 Å². The summed E-state index contributed by atoms with van der Waals surface area (Å²) in [6.45, 7) is 5.56. The normalized spacial score (nSPS) is 29.2. The van der Waals surface area contributed by atoms with E-state index in [9.17, 15) is 9.90 Å². The van der Waals surface area contributed by atoms with Gasteiger partial charge in [-0.05, 0) is 45.7 Å². The van der Waals surface area contributed by atoms with Crippen molar-refractivity contribution in [2.24, 2.45) is 0 Å². The fourth-order valence-electron chi connectivity index (χ4n) is 3.78. The standard InChI is InChI=1S/C18H23N3O3/c1-17(2,3)24-16(22)21-13-5-6-14(21)9-18(23,8-13)15-7-4-12(10-19)11-20-15/h4,7,11,13-14,23H,5-6,8-9H2,1-3H3. The number of nitriles is 1. The largest absolute Gasteiger partial charge is 0.444 e. The zero-order chi connectivity index (χ0) is 17.5. The Hall–Kier alpha value is -2.13. The lowest BCUT2D eigenvalue weighted by atomic mass is 9.83. The smallest absolute Gasteiger partial charge is 0.410 e. The summed E-state index contributed by atoms with van der Waals surface area (Å²) in [5.74, 6) is 0. The van der Waals surface area contributed by atoms with E-state index in [0.717, 1.165) is 12.8 Å². The monoisotopic (exact) mass is 329 g/mol. The van der Waals surface area contributed by atoms with E-state index in [1.807, 2.05) is 26.8 Å². The van der Waals surface area contributed by atoms with Crippen LogP contribution in [-0.2, 0) is 10.3 Å². The number of fused-ring (bicyclic) bond motifs is 2. The van der Waals surface area contributed by atoms with Gasteiger partial charge >= 0.3 is 6.09 Å². The maximum absolute atomic E-state index is 12.5. The van der Waals surface area contributed by atoms with Crippen LogP contribution < -0.4 is 0 Å². The molecule has 2 fully saturated rings. The minimum Gasteiger partial charge on any atom is -0.444 e. The van der Waals surface area contributed by atoms with E-state index in [-0.39, 0.29) is 18.2 Å². The van der Waals surface area contributed by atoms with Crippen molar-refractivity contribution < 1.29 is 14.6 Å². The topological polar surface area (TPSA) is 86.5 Å². The van der Waals surface area contributed by atoms with Crippen molar-refractivity contribution in [1.29, 1.82) is 5.26 Å². The highest BCUT2D eigenvalue weighted by atomic mass is 16.6. The molecule has 2 atom stereocenters. The van der Waals surface area contributed by atoms with Crippen LogP contribution in [0.2, 0.25) is 0 Å². The fraction of sp³-hybridized carbons (Fsp3) is 0.611. The molecule has 0 saturated carbocycles. The number of hydrogen-bond acceptors (Lipinski definition) is 5. The summed E-state index contributed by atoms with van der Waals surface area (Å²) in [7, 11) is 0. The van der Waals surface area contributed by atoms with Gasteiger partial charge in [0.05, 0.1) is 11.3 Å². The number of carbonyl (C=O) groups is 1. The Bertz CT molecular complexity index is 658. The molecule has 3 heterocycles. The number of rotatable bonds is 1. The Kier molecular flexibility index (Phi) is 4.00. The van der Waals surface area contributed by atoms with E-state index in [1.54, 1.807) is 17.0 Å². The van der Waals surface area contributed by atoms with Gasteiger partial charge in [-0.3, -0.25) is 4.98 Å². The number of nitrogens with zero attached hydrogens (tertiary/aromatic N) is 3. The van der Waals surface area contributed by atoms with Crippen LogP contribution in [0.5, 0.6) is 0 Å². The first-order valence-corrected chi connectivity index (χ1v) is 8.32. The van der Waals surface area contributed by atoms with Crippen molar-refractivity contribution in [1.82, 2.24) is 9.88 Å². The van der Waals surface area contributed by atoms with Gasteiger partial charge in [0.25, 0.3) is 0 Å². The maximum atomic E-state index is 12.5. The lowest BCUT2D eigenvalue weighted by Crippen LogP contribution is -2.53. The van der Waals surface area contributed by atoms with E-state index in [4.69, 9.17) is 10.00 Å². The number of hydrogen-bond donors (Lipinski definition) is 1. The van der Waals surface area contributed by atoms with Gasteiger partial charge in [0, 0.05) is 31.1 Å². The van der Waals surface area contributed by atoms with Gasteiger partial charge in [0.2, 0.25) is 0 Å². The Morgan fingerprint density at radius 3 is 2.46 bits per heavy atom. The van der Waals surface area contributed by atoms with Crippen LogP contribution in [0.1, 0.15) is 57.7 Å². The van der Waals surface area contributed by atoms with Crippen molar-refractivity contribution in [3.8, 4) is 6.07 Å². The van der Waals surface area contributed by atoms with Crippen molar-refractivity contribution in [3.05, 3.63) is 29.6 Å². The third-order valence-corrected chi connectivity index (χ3v) is 4.74. The Morgan fingerprint density at radius 1 is 1.38 bits per heavy atom. The van der Waals surface area contributed by atoms with Gasteiger partial charge < -0.3 is 14.7 Å². The molecule has 6 heteroatoms. The number of aromatic nitrogens is 1. The molecule has 2 saturated heterocycles. The molecular formula is C18H23N3O3. The quantitative estimate of drug-likeness (QED) is 0.856. The summed E-state index contributed by atoms with van der Waals surface area (Å²) in [5.41, 5.74) is -0.546. The molecule has 24 heavy (non-hydrogen) atoms. The second-order valence-electron chi connectivity index (χ2n) is 7.76. The van der Waals surface area contributed by atoms with Crippen molar-refractivity contribution in [2.75, 3.05) is 0 Å². The summed E-state index contributed by atoms with van der Waals surface area (Å²) in [6.07, 6.45) is 3.80. The van der Waals surface area contributed by atoms with Gasteiger partial charge in [-0.15, -0.1) is 0 Å². The molecule has 2 unspecified atom stereocenters. The van der Waals surface area contributed by atoms with Gasteiger partial charge in [0.15, 0.2) is 0 Å².